The largest absolute Gasteiger partial charge is 0.327 e. The molecular weight excluding hydrogens is 370 g/mol. The molecule has 2 heterocycles. The van der Waals surface area contributed by atoms with Gasteiger partial charge in [0, 0.05) is 23.7 Å². The summed E-state index contributed by atoms with van der Waals surface area (Å²) in [5.41, 5.74) is 3.64. The minimum absolute atomic E-state index is 0.0957. The van der Waals surface area contributed by atoms with Gasteiger partial charge in [0.25, 0.3) is 0 Å². The van der Waals surface area contributed by atoms with Crippen LogP contribution in [-0.4, -0.2) is 34.0 Å². The molecule has 2 aromatic heterocycles. The number of thiazole rings is 1. The normalized spacial score (nSPS) is 14.6. The number of hydrogen-bond acceptors (Lipinski definition) is 5. The van der Waals surface area contributed by atoms with Crippen LogP contribution in [0, 0.1) is 25.2 Å². The molecule has 150 valence electrons. The molecule has 28 heavy (non-hydrogen) atoms. The van der Waals surface area contributed by atoms with Gasteiger partial charge in [0.05, 0.1) is 22.8 Å². The molecule has 1 N–H and O–H groups in total. The summed E-state index contributed by atoms with van der Waals surface area (Å²) in [5.74, 6) is 0.575. The number of aromatic nitrogens is 2. The highest BCUT2D eigenvalue weighted by molar-refractivity contribution is 7.09. The summed E-state index contributed by atoms with van der Waals surface area (Å²) in [5, 5.41) is 15.9. The van der Waals surface area contributed by atoms with Crippen molar-refractivity contribution in [1.29, 1.82) is 5.26 Å². The van der Waals surface area contributed by atoms with Gasteiger partial charge in [-0.05, 0) is 45.7 Å². The fourth-order valence-electron chi connectivity index (χ4n) is 4.04. The second kappa shape index (κ2) is 8.89. The lowest BCUT2D eigenvalue weighted by Crippen LogP contribution is -2.31. The average Bonchev–Trinajstić information content (AvgIpc) is 3.37. The Morgan fingerprint density at radius 1 is 1.43 bits per heavy atom. The number of aryl methyl sites for hydroxylation is 1. The van der Waals surface area contributed by atoms with Crippen molar-refractivity contribution in [3.05, 3.63) is 32.9 Å². The molecule has 2 aromatic rings. The van der Waals surface area contributed by atoms with E-state index in [9.17, 15) is 10.1 Å². The monoisotopic (exact) mass is 399 g/mol. The third-order valence-electron chi connectivity index (χ3n) is 5.56. The maximum absolute atomic E-state index is 12.7. The van der Waals surface area contributed by atoms with E-state index in [0.717, 1.165) is 41.2 Å². The molecule has 0 aliphatic heterocycles. The van der Waals surface area contributed by atoms with Crippen molar-refractivity contribution in [2.45, 2.75) is 65.5 Å². The summed E-state index contributed by atoms with van der Waals surface area (Å²) >= 11 is 1.66. The molecule has 0 atom stereocenters. The van der Waals surface area contributed by atoms with Crippen LogP contribution in [0.15, 0.2) is 5.38 Å². The average molecular weight is 400 g/mol. The van der Waals surface area contributed by atoms with E-state index in [2.05, 4.69) is 33.2 Å². The third kappa shape index (κ3) is 4.29. The van der Waals surface area contributed by atoms with Gasteiger partial charge in [-0.2, -0.15) is 5.26 Å². The number of hydrogen-bond donors (Lipinski definition) is 1. The van der Waals surface area contributed by atoms with Crippen LogP contribution in [0.2, 0.25) is 0 Å². The summed E-state index contributed by atoms with van der Waals surface area (Å²) < 4.78 is 2.19. The van der Waals surface area contributed by atoms with Crippen LogP contribution in [-0.2, 0) is 17.8 Å². The zero-order valence-corrected chi connectivity index (χ0v) is 18.0. The molecule has 0 saturated heterocycles. The molecule has 7 heteroatoms. The molecule has 1 amide bonds. The predicted molar refractivity (Wildman–Crippen MR) is 113 cm³/mol. The molecule has 0 spiro atoms. The van der Waals surface area contributed by atoms with Gasteiger partial charge in [0.2, 0.25) is 5.91 Å². The van der Waals surface area contributed by atoms with Crippen LogP contribution in [0.3, 0.4) is 0 Å². The fraction of sp³-hybridized carbons (Fsp3) is 0.571. The number of rotatable bonds is 7. The zero-order chi connectivity index (χ0) is 20.3. The van der Waals surface area contributed by atoms with Crippen LogP contribution in [0.1, 0.15) is 66.2 Å². The van der Waals surface area contributed by atoms with Crippen molar-refractivity contribution in [3.8, 4) is 6.07 Å². The standard InChI is InChI=1S/C21H29N5OS/c1-5-20-23-16(13-28-20)11-25(4)12-19(27)24-21-18(10-22)14(2)15(3)26(21)17-8-6-7-9-17/h13,17H,5-9,11-12H2,1-4H3,(H,24,27). The van der Waals surface area contributed by atoms with Crippen LogP contribution in [0.25, 0.3) is 0 Å². The number of nitriles is 1. The van der Waals surface area contributed by atoms with Gasteiger partial charge in [0.15, 0.2) is 0 Å². The van der Waals surface area contributed by atoms with Crippen LogP contribution in [0.4, 0.5) is 5.82 Å². The highest BCUT2D eigenvalue weighted by Gasteiger charge is 2.26. The SMILES string of the molecule is CCc1nc(CN(C)CC(=O)Nc2c(C#N)c(C)c(C)n2C2CCCC2)cs1. The van der Waals surface area contributed by atoms with Crippen molar-refractivity contribution in [2.24, 2.45) is 0 Å². The molecular formula is C21H29N5OS. The maximum Gasteiger partial charge on any atom is 0.239 e. The first kappa shape index (κ1) is 20.6. The van der Waals surface area contributed by atoms with Crippen molar-refractivity contribution in [1.82, 2.24) is 14.5 Å². The highest BCUT2D eigenvalue weighted by Crippen LogP contribution is 2.37. The Hall–Kier alpha value is -2.17. The van der Waals surface area contributed by atoms with Crippen molar-refractivity contribution in [2.75, 3.05) is 18.9 Å². The van der Waals surface area contributed by atoms with Crippen LogP contribution >= 0.6 is 11.3 Å². The van der Waals surface area contributed by atoms with Gasteiger partial charge >= 0.3 is 0 Å². The Bertz CT molecular complexity index is 885. The minimum Gasteiger partial charge on any atom is -0.327 e. The Labute approximate surface area is 171 Å². The van der Waals surface area contributed by atoms with Gasteiger partial charge in [-0.15, -0.1) is 11.3 Å². The van der Waals surface area contributed by atoms with E-state index in [0.29, 0.717) is 24.0 Å². The first-order valence-corrected chi connectivity index (χ1v) is 10.9. The predicted octanol–water partition coefficient (Wildman–Crippen LogP) is 4.18. The fourth-order valence-corrected chi connectivity index (χ4v) is 4.77. The van der Waals surface area contributed by atoms with E-state index in [1.165, 1.54) is 12.8 Å². The lowest BCUT2D eigenvalue weighted by atomic mass is 10.2. The Balaban J connectivity index is 1.72. The number of nitrogens with one attached hydrogen (secondary N) is 1. The molecule has 3 rings (SSSR count). The molecule has 1 aliphatic rings. The lowest BCUT2D eigenvalue weighted by molar-refractivity contribution is -0.117. The van der Waals surface area contributed by atoms with Crippen LogP contribution < -0.4 is 5.32 Å². The van der Waals surface area contributed by atoms with E-state index in [1.807, 2.05) is 25.8 Å². The van der Waals surface area contributed by atoms with Crippen molar-refractivity contribution >= 4 is 23.1 Å². The molecule has 0 aromatic carbocycles. The van der Waals surface area contributed by atoms with Gasteiger partial charge < -0.3 is 9.88 Å². The molecule has 1 aliphatic carbocycles. The third-order valence-corrected chi connectivity index (χ3v) is 6.61. The number of carbonyl (C=O) groups is 1. The zero-order valence-electron chi connectivity index (χ0n) is 17.2. The maximum atomic E-state index is 12.7. The summed E-state index contributed by atoms with van der Waals surface area (Å²) in [7, 11) is 1.92. The van der Waals surface area contributed by atoms with E-state index >= 15 is 0 Å². The van der Waals surface area contributed by atoms with Crippen LogP contribution in [0.5, 0.6) is 0 Å². The molecule has 0 radical (unpaired) electrons. The number of likely N-dealkylation sites (N-methyl/N-ethyl adjacent to an activating group) is 1. The Morgan fingerprint density at radius 3 is 2.75 bits per heavy atom. The van der Waals surface area contributed by atoms with Gasteiger partial charge in [-0.3, -0.25) is 9.69 Å². The number of carbonyl (C=O) groups excluding carboxylic acids is 1. The molecule has 6 nitrogen and oxygen atoms in total. The smallest absolute Gasteiger partial charge is 0.239 e. The molecule has 0 unspecified atom stereocenters. The van der Waals surface area contributed by atoms with Gasteiger partial charge in [-0.1, -0.05) is 19.8 Å². The summed E-state index contributed by atoms with van der Waals surface area (Å²) in [6, 6.07) is 2.67. The summed E-state index contributed by atoms with van der Waals surface area (Å²) in [6.45, 7) is 7.00. The number of amides is 1. The van der Waals surface area contributed by atoms with E-state index in [1.54, 1.807) is 11.3 Å². The second-order valence-electron chi connectivity index (χ2n) is 7.66. The number of anilines is 1. The first-order valence-electron chi connectivity index (χ1n) is 9.97. The quantitative estimate of drug-likeness (QED) is 0.758. The molecule has 0 bridgehead atoms. The van der Waals surface area contributed by atoms with Gasteiger partial charge in [0.1, 0.15) is 11.9 Å². The van der Waals surface area contributed by atoms with Gasteiger partial charge in [-0.25, -0.2) is 4.98 Å². The van der Waals surface area contributed by atoms with E-state index in [4.69, 9.17) is 0 Å². The van der Waals surface area contributed by atoms with E-state index in [-0.39, 0.29) is 12.5 Å². The Kier molecular flexibility index (Phi) is 6.53. The molecule has 1 fully saturated rings. The van der Waals surface area contributed by atoms with Crippen molar-refractivity contribution < 1.29 is 4.79 Å². The minimum atomic E-state index is -0.0957. The number of nitrogens with zero attached hydrogens (tertiary/aromatic N) is 4. The highest BCUT2D eigenvalue weighted by atomic mass is 32.1. The molecule has 1 saturated carbocycles. The van der Waals surface area contributed by atoms with E-state index < -0.39 is 0 Å². The second-order valence-corrected chi connectivity index (χ2v) is 8.60. The lowest BCUT2D eigenvalue weighted by Gasteiger charge is -2.20. The summed E-state index contributed by atoms with van der Waals surface area (Å²) in [6.07, 6.45) is 5.54. The first-order chi connectivity index (χ1) is 13.4. The summed E-state index contributed by atoms with van der Waals surface area (Å²) in [4.78, 5) is 19.3. The topological polar surface area (TPSA) is 74.0 Å². The van der Waals surface area contributed by atoms with Crippen molar-refractivity contribution in [3.63, 3.8) is 0 Å². The Morgan fingerprint density at radius 2 is 2.14 bits per heavy atom.